The molecule has 5 heteroatoms. The van der Waals surface area contributed by atoms with Gasteiger partial charge in [0.1, 0.15) is 5.82 Å². The average Bonchev–Trinajstić information content (AvgIpc) is 3.19. The Kier molecular flexibility index (Phi) is 3.53. The van der Waals surface area contributed by atoms with E-state index < -0.39 is 11.5 Å². The molecule has 1 aliphatic rings. The van der Waals surface area contributed by atoms with E-state index in [0.717, 1.165) is 18.4 Å². The van der Waals surface area contributed by atoms with Crippen LogP contribution in [0.15, 0.2) is 28.8 Å². The van der Waals surface area contributed by atoms with Crippen molar-refractivity contribution in [2.75, 3.05) is 0 Å². The molecule has 1 aliphatic carbocycles. The van der Waals surface area contributed by atoms with E-state index in [4.69, 9.17) is 4.52 Å². The minimum Gasteiger partial charge on any atom is -0.392 e. The van der Waals surface area contributed by atoms with Gasteiger partial charge in [0.15, 0.2) is 5.82 Å². The summed E-state index contributed by atoms with van der Waals surface area (Å²) in [5.41, 5.74) is 0.443. The van der Waals surface area contributed by atoms with Crippen LogP contribution in [0.2, 0.25) is 0 Å². The molecule has 0 saturated heterocycles. The first-order valence-electron chi connectivity index (χ1n) is 7.24. The highest BCUT2D eigenvalue weighted by Gasteiger charge is 2.33. The van der Waals surface area contributed by atoms with Gasteiger partial charge in [0.05, 0.1) is 17.9 Å². The largest absolute Gasteiger partial charge is 0.392 e. The molecule has 1 heterocycles. The number of benzene rings is 1. The second-order valence-corrected chi connectivity index (χ2v) is 6.25. The summed E-state index contributed by atoms with van der Waals surface area (Å²) < 4.78 is 18.3. The summed E-state index contributed by atoms with van der Waals surface area (Å²) in [6, 6.07) is 6.30. The fraction of sp³-hybridized carbons (Fsp3) is 0.500. The molecular formula is C16H19FN2O2. The van der Waals surface area contributed by atoms with E-state index in [1.807, 2.05) is 13.8 Å². The molecule has 1 unspecified atom stereocenters. The molecule has 3 rings (SSSR count). The highest BCUT2D eigenvalue weighted by molar-refractivity contribution is 5.30. The molecule has 1 fully saturated rings. The third-order valence-corrected chi connectivity index (χ3v) is 4.14. The van der Waals surface area contributed by atoms with Gasteiger partial charge in [0, 0.05) is 0 Å². The molecule has 1 N–H and O–H groups in total. The second-order valence-electron chi connectivity index (χ2n) is 6.25. The van der Waals surface area contributed by atoms with Crippen molar-refractivity contribution < 1.29 is 14.0 Å². The SMILES string of the molecule is CC(C)(c1ccc(F)cc1)c1noc(CC(O)C2CC2)n1. The zero-order valence-electron chi connectivity index (χ0n) is 12.2. The van der Waals surface area contributed by atoms with Crippen molar-refractivity contribution in [2.24, 2.45) is 5.92 Å². The standard InChI is InChI=1S/C16H19FN2O2/c1-16(2,11-5-7-12(17)8-6-11)15-18-14(21-19-15)9-13(20)10-3-4-10/h5-8,10,13,20H,3-4,9H2,1-2H3. The molecule has 1 aromatic carbocycles. The summed E-state index contributed by atoms with van der Waals surface area (Å²) >= 11 is 0. The van der Waals surface area contributed by atoms with E-state index in [1.165, 1.54) is 12.1 Å². The highest BCUT2D eigenvalue weighted by Crippen LogP contribution is 2.34. The van der Waals surface area contributed by atoms with Crippen LogP contribution in [-0.2, 0) is 11.8 Å². The molecule has 0 radical (unpaired) electrons. The Balaban J connectivity index is 1.78. The van der Waals surface area contributed by atoms with Gasteiger partial charge < -0.3 is 9.63 Å². The molecule has 0 aliphatic heterocycles. The number of hydrogen-bond acceptors (Lipinski definition) is 4. The van der Waals surface area contributed by atoms with Crippen molar-refractivity contribution in [3.05, 3.63) is 47.4 Å². The Morgan fingerprint density at radius 1 is 1.33 bits per heavy atom. The van der Waals surface area contributed by atoms with Crippen LogP contribution in [0.3, 0.4) is 0 Å². The van der Waals surface area contributed by atoms with Crippen LogP contribution < -0.4 is 0 Å². The Morgan fingerprint density at radius 2 is 2.00 bits per heavy atom. The first-order chi connectivity index (χ1) is 9.96. The first kappa shape index (κ1) is 14.2. The third kappa shape index (κ3) is 2.97. The normalized spacial score (nSPS) is 17.0. The lowest BCUT2D eigenvalue weighted by atomic mass is 9.84. The number of nitrogens with zero attached hydrogens (tertiary/aromatic N) is 2. The van der Waals surface area contributed by atoms with Crippen LogP contribution in [0.25, 0.3) is 0 Å². The van der Waals surface area contributed by atoms with E-state index in [-0.39, 0.29) is 5.82 Å². The summed E-state index contributed by atoms with van der Waals surface area (Å²) in [7, 11) is 0. The number of aromatic nitrogens is 2. The monoisotopic (exact) mass is 290 g/mol. The summed E-state index contributed by atoms with van der Waals surface area (Å²) in [4.78, 5) is 4.40. The topological polar surface area (TPSA) is 59.2 Å². The van der Waals surface area contributed by atoms with Gasteiger partial charge in [0.2, 0.25) is 5.89 Å². The van der Waals surface area contributed by atoms with E-state index >= 15 is 0 Å². The average molecular weight is 290 g/mol. The lowest BCUT2D eigenvalue weighted by molar-refractivity contribution is 0.140. The van der Waals surface area contributed by atoms with Gasteiger partial charge in [0.25, 0.3) is 0 Å². The van der Waals surface area contributed by atoms with Crippen LogP contribution in [0, 0.1) is 11.7 Å². The van der Waals surface area contributed by atoms with E-state index in [9.17, 15) is 9.50 Å². The molecule has 4 nitrogen and oxygen atoms in total. The Morgan fingerprint density at radius 3 is 2.62 bits per heavy atom. The van der Waals surface area contributed by atoms with Crippen molar-refractivity contribution in [3.8, 4) is 0 Å². The lowest BCUT2D eigenvalue weighted by Crippen LogP contribution is -2.21. The van der Waals surface area contributed by atoms with Gasteiger partial charge >= 0.3 is 0 Å². The van der Waals surface area contributed by atoms with Gasteiger partial charge in [-0.25, -0.2) is 4.39 Å². The van der Waals surface area contributed by atoms with Gasteiger partial charge in [-0.05, 0) is 50.3 Å². The predicted octanol–water partition coefficient (Wildman–Crippen LogP) is 2.85. The van der Waals surface area contributed by atoms with Crippen molar-refractivity contribution in [1.82, 2.24) is 10.1 Å². The fourth-order valence-corrected chi connectivity index (χ4v) is 2.41. The van der Waals surface area contributed by atoms with Crippen LogP contribution in [0.4, 0.5) is 4.39 Å². The maximum absolute atomic E-state index is 13.0. The summed E-state index contributed by atoms with van der Waals surface area (Å²) in [6.07, 6.45) is 2.15. The summed E-state index contributed by atoms with van der Waals surface area (Å²) in [6.45, 7) is 3.93. The second kappa shape index (κ2) is 5.22. The highest BCUT2D eigenvalue weighted by atomic mass is 19.1. The number of hydrogen-bond donors (Lipinski definition) is 1. The smallest absolute Gasteiger partial charge is 0.229 e. The summed E-state index contributed by atoms with van der Waals surface area (Å²) in [5, 5.41) is 14.0. The van der Waals surface area contributed by atoms with Gasteiger partial charge in [-0.15, -0.1) is 0 Å². The zero-order chi connectivity index (χ0) is 15.0. The zero-order valence-corrected chi connectivity index (χ0v) is 12.2. The number of halogens is 1. The molecule has 0 bridgehead atoms. The van der Waals surface area contributed by atoms with E-state index in [0.29, 0.717) is 24.1 Å². The lowest BCUT2D eigenvalue weighted by Gasteiger charge is -2.20. The molecule has 0 amide bonds. The molecule has 112 valence electrons. The van der Waals surface area contributed by atoms with Crippen LogP contribution >= 0.6 is 0 Å². The predicted molar refractivity (Wildman–Crippen MR) is 75.3 cm³/mol. The minimum atomic E-state index is -0.472. The molecule has 21 heavy (non-hydrogen) atoms. The first-order valence-corrected chi connectivity index (χ1v) is 7.24. The Hall–Kier alpha value is -1.75. The van der Waals surface area contributed by atoms with Crippen molar-refractivity contribution in [1.29, 1.82) is 0 Å². The van der Waals surface area contributed by atoms with E-state index in [1.54, 1.807) is 12.1 Å². The molecule has 1 saturated carbocycles. The quantitative estimate of drug-likeness (QED) is 0.920. The molecular weight excluding hydrogens is 271 g/mol. The van der Waals surface area contributed by atoms with E-state index in [2.05, 4.69) is 10.1 Å². The fourth-order valence-electron chi connectivity index (χ4n) is 2.41. The van der Waals surface area contributed by atoms with Crippen molar-refractivity contribution in [2.45, 2.75) is 44.6 Å². The Bertz CT molecular complexity index is 617. The minimum absolute atomic E-state index is 0.268. The van der Waals surface area contributed by atoms with Gasteiger partial charge in [-0.2, -0.15) is 4.98 Å². The summed E-state index contributed by atoms with van der Waals surface area (Å²) in [5.74, 6) is 1.12. The van der Waals surface area contributed by atoms with Crippen LogP contribution in [0.5, 0.6) is 0 Å². The Labute approximate surface area is 123 Å². The molecule has 1 atom stereocenters. The van der Waals surface area contributed by atoms with Crippen molar-refractivity contribution >= 4 is 0 Å². The number of aliphatic hydroxyl groups is 1. The van der Waals surface area contributed by atoms with Gasteiger partial charge in [-0.3, -0.25) is 0 Å². The number of rotatable bonds is 5. The molecule has 2 aromatic rings. The van der Waals surface area contributed by atoms with Gasteiger partial charge in [-0.1, -0.05) is 17.3 Å². The van der Waals surface area contributed by atoms with Crippen LogP contribution in [0.1, 0.15) is 44.0 Å². The third-order valence-electron chi connectivity index (χ3n) is 4.14. The molecule has 1 aromatic heterocycles. The molecule has 0 spiro atoms. The number of aliphatic hydroxyl groups excluding tert-OH is 1. The maximum atomic E-state index is 13.0. The van der Waals surface area contributed by atoms with Crippen molar-refractivity contribution in [3.63, 3.8) is 0 Å². The van der Waals surface area contributed by atoms with Crippen LogP contribution in [-0.4, -0.2) is 21.4 Å². The maximum Gasteiger partial charge on any atom is 0.229 e.